The predicted molar refractivity (Wildman–Crippen MR) is 79.1 cm³/mol. The highest BCUT2D eigenvalue weighted by molar-refractivity contribution is 6.30. The van der Waals surface area contributed by atoms with E-state index in [9.17, 15) is 4.79 Å². The van der Waals surface area contributed by atoms with E-state index in [1.807, 2.05) is 18.2 Å². The Balaban J connectivity index is 1.57. The number of oxazole rings is 1. The Morgan fingerprint density at radius 1 is 1.52 bits per heavy atom. The highest BCUT2D eigenvalue weighted by Crippen LogP contribution is 2.32. The second kappa shape index (κ2) is 5.77. The van der Waals surface area contributed by atoms with Gasteiger partial charge in [0.25, 0.3) is 0 Å². The van der Waals surface area contributed by atoms with Gasteiger partial charge in [0, 0.05) is 11.9 Å². The zero-order chi connectivity index (χ0) is 14.8. The van der Waals surface area contributed by atoms with Gasteiger partial charge in [-0.2, -0.15) is 0 Å². The van der Waals surface area contributed by atoms with Gasteiger partial charge in [0.1, 0.15) is 5.76 Å². The monoisotopic (exact) mass is 305 g/mol. The number of amides is 2. The van der Waals surface area contributed by atoms with Crippen LogP contribution in [0.15, 0.2) is 28.8 Å². The average molecular weight is 306 g/mol. The van der Waals surface area contributed by atoms with Gasteiger partial charge in [-0.1, -0.05) is 17.7 Å². The van der Waals surface area contributed by atoms with E-state index in [1.54, 1.807) is 13.1 Å². The molecule has 0 radical (unpaired) electrons. The summed E-state index contributed by atoms with van der Waals surface area (Å²) >= 11 is 5.98. The van der Waals surface area contributed by atoms with Crippen molar-refractivity contribution < 1.29 is 9.21 Å². The van der Waals surface area contributed by atoms with E-state index in [0.29, 0.717) is 18.2 Å². The summed E-state index contributed by atoms with van der Waals surface area (Å²) in [6.45, 7) is 2.09. The van der Waals surface area contributed by atoms with Crippen LogP contribution in [0.5, 0.6) is 0 Å². The summed E-state index contributed by atoms with van der Waals surface area (Å²) in [4.78, 5) is 15.9. The zero-order valence-corrected chi connectivity index (χ0v) is 12.4. The molecule has 0 unspecified atom stereocenters. The van der Waals surface area contributed by atoms with Crippen LogP contribution in [-0.4, -0.2) is 11.0 Å². The standard InChI is InChI=1S/C15H16ClN3O2/c1-9-17-7-12(21-9)8-18-15(20)19-14-5-2-10-6-11(16)3-4-13(10)14/h3-4,6-7,14H,2,5,8H2,1H3,(H2,18,19,20)/t14-/m1/s1. The lowest BCUT2D eigenvalue weighted by atomic mass is 10.1. The Hall–Kier alpha value is -2.01. The molecule has 110 valence electrons. The first-order valence-corrected chi connectivity index (χ1v) is 7.23. The number of urea groups is 1. The van der Waals surface area contributed by atoms with E-state index in [-0.39, 0.29) is 12.1 Å². The maximum absolute atomic E-state index is 11.9. The predicted octanol–water partition coefficient (Wildman–Crippen LogP) is 3.12. The van der Waals surface area contributed by atoms with Crippen molar-refractivity contribution in [2.24, 2.45) is 0 Å². The van der Waals surface area contributed by atoms with E-state index in [0.717, 1.165) is 23.4 Å². The SMILES string of the molecule is Cc1ncc(CNC(=O)N[C@@H]2CCc3cc(Cl)ccc32)o1. The maximum Gasteiger partial charge on any atom is 0.315 e. The summed E-state index contributed by atoms with van der Waals surface area (Å²) in [5.74, 6) is 1.23. The van der Waals surface area contributed by atoms with Crippen LogP contribution < -0.4 is 10.6 Å². The molecular formula is C15H16ClN3O2. The summed E-state index contributed by atoms with van der Waals surface area (Å²) in [7, 11) is 0. The summed E-state index contributed by atoms with van der Waals surface area (Å²) < 4.78 is 5.31. The fourth-order valence-corrected chi connectivity index (χ4v) is 2.79. The van der Waals surface area contributed by atoms with Crippen molar-refractivity contribution in [3.05, 3.63) is 52.2 Å². The number of hydrogen-bond donors (Lipinski definition) is 2. The lowest BCUT2D eigenvalue weighted by molar-refractivity contribution is 0.235. The molecule has 2 aromatic rings. The molecule has 1 aliphatic carbocycles. The van der Waals surface area contributed by atoms with Crippen molar-refractivity contribution in [2.45, 2.75) is 32.4 Å². The number of aromatic nitrogens is 1. The molecule has 0 aliphatic heterocycles. The number of rotatable bonds is 3. The van der Waals surface area contributed by atoms with Crippen molar-refractivity contribution in [3.8, 4) is 0 Å². The number of halogens is 1. The van der Waals surface area contributed by atoms with Gasteiger partial charge in [0.2, 0.25) is 0 Å². The number of benzene rings is 1. The van der Waals surface area contributed by atoms with Crippen LogP contribution in [0, 0.1) is 6.92 Å². The van der Waals surface area contributed by atoms with Gasteiger partial charge in [-0.15, -0.1) is 0 Å². The smallest absolute Gasteiger partial charge is 0.315 e. The fourth-order valence-electron chi connectivity index (χ4n) is 2.60. The van der Waals surface area contributed by atoms with Crippen molar-refractivity contribution in [1.29, 1.82) is 0 Å². The molecule has 3 rings (SSSR count). The highest BCUT2D eigenvalue weighted by Gasteiger charge is 2.23. The summed E-state index contributed by atoms with van der Waals surface area (Å²) in [5.41, 5.74) is 2.35. The third-order valence-electron chi connectivity index (χ3n) is 3.58. The lowest BCUT2D eigenvalue weighted by Crippen LogP contribution is -2.36. The molecule has 1 atom stereocenters. The first kappa shape index (κ1) is 13.9. The molecular weight excluding hydrogens is 290 g/mol. The normalized spacial score (nSPS) is 16.6. The largest absolute Gasteiger partial charge is 0.444 e. The zero-order valence-electron chi connectivity index (χ0n) is 11.6. The fraction of sp³-hybridized carbons (Fsp3) is 0.333. The quantitative estimate of drug-likeness (QED) is 0.915. The average Bonchev–Trinajstić information content (AvgIpc) is 3.03. The minimum Gasteiger partial charge on any atom is -0.444 e. The third kappa shape index (κ3) is 3.19. The first-order valence-electron chi connectivity index (χ1n) is 6.86. The van der Waals surface area contributed by atoms with Crippen molar-refractivity contribution >= 4 is 17.6 Å². The molecule has 0 bridgehead atoms. The highest BCUT2D eigenvalue weighted by atomic mass is 35.5. The van der Waals surface area contributed by atoms with E-state index >= 15 is 0 Å². The van der Waals surface area contributed by atoms with Gasteiger partial charge in [0.05, 0.1) is 18.8 Å². The minimum atomic E-state index is -0.211. The van der Waals surface area contributed by atoms with Gasteiger partial charge in [-0.3, -0.25) is 0 Å². The van der Waals surface area contributed by atoms with Gasteiger partial charge < -0.3 is 15.1 Å². The van der Waals surface area contributed by atoms with E-state index in [4.69, 9.17) is 16.0 Å². The van der Waals surface area contributed by atoms with Crippen LogP contribution in [-0.2, 0) is 13.0 Å². The molecule has 2 amide bonds. The first-order chi connectivity index (χ1) is 10.1. The number of fused-ring (bicyclic) bond motifs is 1. The number of nitrogens with zero attached hydrogens (tertiary/aromatic N) is 1. The maximum atomic E-state index is 11.9. The van der Waals surface area contributed by atoms with E-state index in [2.05, 4.69) is 15.6 Å². The number of carbonyl (C=O) groups excluding carboxylic acids is 1. The summed E-state index contributed by atoms with van der Waals surface area (Å²) in [6.07, 6.45) is 3.44. The molecule has 6 heteroatoms. The Bertz CT molecular complexity index is 669. The topological polar surface area (TPSA) is 67.2 Å². The lowest BCUT2D eigenvalue weighted by Gasteiger charge is -2.14. The molecule has 1 aromatic carbocycles. The van der Waals surface area contributed by atoms with Gasteiger partial charge in [0.15, 0.2) is 5.89 Å². The number of aryl methyl sites for hydroxylation is 2. The Morgan fingerprint density at radius 2 is 2.38 bits per heavy atom. The Morgan fingerprint density at radius 3 is 3.14 bits per heavy atom. The van der Waals surface area contributed by atoms with Gasteiger partial charge in [-0.05, 0) is 36.1 Å². The molecule has 5 nitrogen and oxygen atoms in total. The molecule has 1 aromatic heterocycles. The van der Waals surface area contributed by atoms with Gasteiger partial charge >= 0.3 is 6.03 Å². The van der Waals surface area contributed by atoms with Crippen LogP contribution in [0.3, 0.4) is 0 Å². The van der Waals surface area contributed by atoms with Crippen LogP contribution in [0.25, 0.3) is 0 Å². The van der Waals surface area contributed by atoms with Gasteiger partial charge in [-0.25, -0.2) is 9.78 Å². The molecule has 2 N–H and O–H groups in total. The van der Waals surface area contributed by atoms with Crippen molar-refractivity contribution in [2.75, 3.05) is 0 Å². The van der Waals surface area contributed by atoms with E-state index < -0.39 is 0 Å². The van der Waals surface area contributed by atoms with Crippen molar-refractivity contribution in [3.63, 3.8) is 0 Å². The van der Waals surface area contributed by atoms with Crippen LogP contribution in [0.4, 0.5) is 4.79 Å². The molecule has 21 heavy (non-hydrogen) atoms. The van der Waals surface area contributed by atoms with Crippen LogP contribution in [0.2, 0.25) is 5.02 Å². The second-order valence-corrected chi connectivity index (χ2v) is 5.54. The second-order valence-electron chi connectivity index (χ2n) is 5.11. The molecule has 0 saturated carbocycles. The minimum absolute atomic E-state index is 0.0359. The molecule has 0 spiro atoms. The van der Waals surface area contributed by atoms with E-state index in [1.165, 1.54) is 5.56 Å². The van der Waals surface area contributed by atoms with Crippen LogP contribution in [0.1, 0.15) is 35.2 Å². The Kier molecular flexibility index (Phi) is 3.84. The van der Waals surface area contributed by atoms with Crippen LogP contribution >= 0.6 is 11.6 Å². The number of nitrogens with one attached hydrogen (secondary N) is 2. The number of carbonyl (C=O) groups is 1. The molecule has 1 heterocycles. The van der Waals surface area contributed by atoms with Crippen molar-refractivity contribution in [1.82, 2.24) is 15.6 Å². The molecule has 1 aliphatic rings. The third-order valence-corrected chi connectivity index (χ3v) is 3.82. The summed E-state index contributed by atoms with van der Waals surface area (Å²) in [5, 5.41) is 6.48. The molecule has 0 fully saturated rings. The summed E-state index contributed by atoms with van der Waals surface area (Å²) in [6, 6.07) is 5.63. The Labute approximate surface area is 127 Å². The number of hydrogen-bond acceptors (Lipinski definition) is 3. The molecule has 0 saturated heterocycles.